The highest BCUT2D eigenvalue weighted by molar-refractivity contribution is 5.95. The first-order chi connectivity index (χ1) is 10.3. The van der Waals surface area contributed by atoms with Crippen LogP contribution in [0.4, 0.5) is 0 Å². The van der Waals surface area contributed by atoms with E-state index in [0.717, 1.165) is 36.8 Å². The third-order valence-electron chi connectivity index (χ3n) is 5.30. The summed E-state index contributed by atoms with van der Waals surface area (Å²) in [6.45, 7) is 2.16. The van der Waals surface area contributed by atoms with Crippen molar-refractivity contribution in [3.63, 3.8) is 0 Å². The number of carbonyl (C=O) groups is 1. The van der Waals surface area contributed by atoms with Gasteiger partial charge in [0.1, 0.15) is 0 Å². The lowest BCUT2D eigenvalue weighted by Crippen LogP contribution is -2.39. The molecule has 0 bridgehead atoms. The van der Waals surface area contributed by atoms with Crippen molar-refractivity contribution in [2.24, 2.45) is 0 Å². The first-order valence-corrected chi connectivity index (χ1v) is 8.39. The van der Waals surface area contributed by atoms with Crippen molar-refractivity contribution in [3.8, 4) is 0 Å². The number of aromatic nitrogens is 2. The van der Waals surface area contributed by atoms with Crippen molar-refractivity contribution in [1.82, 2.24) is 20.4 Å². The lowest BCUT2D eigenvalue weighted by molar-refractivity contribution is 0.0935. The van der Waals surface area contributed by atoms with Crippen LogP contribution in [0, 0.1) is 0 Å². The minimum Gasteiger partial charge on any atom is -0.348 e. The molecule has 0 radical (unpaired) electrons. The summed E-state index contributed by atoms with van der Waals surface area (Å²) in [4.78, 5) is 15.0. The topological polar surface area (TPSA) is 61.0 Å². The third-order valence-corrected chi connectivity index (χ3v) is 5.30. The Kier molecular flexibility index (Phi) is 3.45. The molecule has 0 spiro atoms. The van der Waals surface area contributed by atoms with E-state index in [0.29, 0.717) is 12.0 Å². The van der Waals surface area contributed by atoms with Gasteiger partial charge in [-0.15, -0.1) is 0 Å². The van der Waals surface area contributed by atoms with Gasteiger partial charge in [0, 0.05) is 31.1 Å². The Labute approximate surface area is 125 Å². The Morgan fingerprint density at radius 1 is 1.24 bits per heavy atom. The van der Waals surface area contributed by atoms with Gasteiger partial charge in [-0.3, -0.25) is 14.8 Å². The summed E-state index contributed by atoms with van der Waals surface area (Å²) in [6.07, 6.45) is 10.6. The molecule has 3 aliphatic rings. The van der Waals surface area contributed by atoms with Gasteiger partial charge in [0.05, 0.1) is 17.5 Å². The normalized spacial score (nSPS) is 27.3. The van der Waals surface area contributed by atoms with Crippen molar-refractivity contribution in [1.29, 1.82) is 0 Å². The second kappa shape index (κ2) is 5.44. The third kappa shape index (κ3) is 2.71. The van der Waals surface area contributed by atoms with Gasteiger partial charge in [-0.1, -0.05) is 12.8 Å². The van der Waals surface area contributed by atoms with Crippen LogP contribution in [0.25, 0.3) is 0 Å². The Hall–Kier alpha value is -1.36. The molecule has 1 atom stereocenters. The number of likely N-dealkylation sites (tertiary alicyclic amines) is 1. The zero-order valence-corrected chi connectivity index (χ0v) is 12.5. The van der Waals surface area contributed by atoms with Gasteiger partial charge in [-0.2, -0.15) is 5.10 Å². The maximum atomic E-state index is 12.5. The number of rotatable bonds is 4. The number of nitrogens with one attached hydrogen (secondary N) is 2. The molecule has 1 aromatic heterocycles. The van der Waals surface area contributed by atoms with Gasteiger partial charge in [0.25, 0.3) is 5.91 Å². The summed E-state index contributed by atoms with van der Waals surface area (Å²) < 4.78 is 0. The van der Waals surface area contributed by atoms with Gasteiger partial charge in [0.2, 0.25) is 0 Å². The molecule has 5 heteroatoms. The van der Waals surface area contributed by atoms with E-state index in [1.54, 1.807) is 6.20 Å². The first kappa shape index (κ1) is 13.3. The van der Waals surface area contributed by atoms with Gasteiger partial charge in [-0.25, -0.2) is 0 Å². The minimum absolute atomic E-state index is 0.0592. The number of amides is 1. The molecule has 1 unspecified atom stereocenters. The molecule has 3 fully saturated rings. The van der Waals surface area contributed by atoms with Gasteiger partial charge < -0.3 is 5.32 Å². The fourth-order valence-corrected chi connectivity index (χ4v) is 3.93. The molecule has 1 aromatic rings. The van der Waals surface area contributed by atoms with Crippen LogP contribution in [-0.4, -0.2) is 46.2 Å². The molecule has 2 N–H and O–H groups in total. The van der Waals surface area contributed by atoms with E-state index in [4.69, 9.17) is 0 Å². The number of hydrogen-bond acceptors (Lipinski definition) is 3. The highest BCUT2D eigenvalue weighted by atomic mass is 16.1. The van der Waals surface area contributed by atoms with Crippen LogP contribution < -0.4 is 5.32 Å². The fourth-order valence-electron chi connectivity index (χ4n) is 3.93. The molecule has 1 amide bonds. The number of nitrogens with zero attached hydrogens (tertiary/aromatic N) is 2. The van der Waals surface area contributed by atoms with Crippen molar-refractivity contribution < 1.29 is 4.79 Å². The number of carbonyl (C=O) groups excluding carboxylic acids is 1. The Morgan fingerprint density at radius 2 is 2.05 bits per heavy atom. The molecule has 1 saturated heterocycles. The Morgan fingerprint density at radius 3 is 2.81 bits per heavy atom. The molecule has 4 rings (SSSR count). The summed E-state index contributed by atoms with van der Waals surface area (Å²) in [5.74, 6) is 0.593. The van der Waals surface area contributed by atoms with E-state index >= 15 is 0 Å². The summed E-state index contributed by atoms with van der Waals surface area (Å²) in [7, 11) is 0. The van der Waals surface area contributed by atoms with Crippen molar-refractivity contribution in [2.75, 3.05) is 13.1 Å². The summed E-state index contributed by atoms with van der Waals surface area (Å²) in [6, 6.07) is 1.07. The van der Waals surface area contributed by atoms with Crippen molar-refractivity contribution in [2.45, 2.75) is 62.9 Å². The molecule has 2 aliphatic carbocycles. The van der Waals surface area contributed by atoms with E-state index in [1.165, 1.54) is 38.5 Å². The number of H-pyrrole nitrogens is 1. The molecule has 1 aliphatic heterocycles. The number of aromatic amines is 1. The first-order valence-electron chi connectivity index (χ1n) is 8.39. The second-order valence-electron chi connectivity index (χ2n) is 6.86. The average Bonchev–Trinajstić information content (AvgIpc) is 2.94. The molecule has 0 aromatic carbocycles. The maximum Gasteiger partial charge on any atom is 0.255 e. The maximum absolute atomic E-state index is 12.5. The summed E-state index contributed by atoms with van der Waals surface area (Å²) >= 11 is 0. The van der Waals surface area contributed by atoms with Crippen molar-refractivity contribution >= 4 is 5.91 Å². The largest absolute Gasteiger partial charge is 0.348 e. The Bertz CT molecular complexity index is 516. The van der Waals surface area contributed by atoms with E-state index in [1.807, 2.05) is 0 Å². The lowest BCUT2D eigenvalue weighted by Gasteiger charge is -2.23. The van der Waals surface area contributed by atoms with Crippen molar-refractivity contribution in [3.05, 3.63) is 17.5 Å². The van der Waals surface area contributed by atoms with E-state index in [9.17, 15) is 4.79 Å². The molecular weight excluding hydrogens is 264 g/mol. The van der Waals surface area contributed by atoms with Crippen LogP contribution >= 0.6 is 0 Å². The number of hydrogen-bond donors (Lipinski definition) is 2. The van der Waals surface area contributed by atoms with Crippen LogP contribution in [0.2, 0.25) is 0 Å². The van der Waals surface area contributed by atoms with Crippen LogP contribution in [0.1, 0.15) is 66.9 Å². The van der Waals surface area contributed by atoms with E-state index < -0.39 is 0 Å². The molecule has 5 nitrogen and oxygen atoms in total. The zero-order valence-electron chi connectivity index (χ0n) is 12.5. The smallest absolute Gasteiger partial charge is 0.255 e. The second-order valence-corrected chi connectivity index (χ2v) is 6.86. The lowest BCUT2D eigenvalue weighted by atomic mass is 10.1. The molecular formula is C16H24N4O. The van der Waals surface area contributed by atoms with Crippen LogP contribution in [0.15, 0.2) is 6.20 Å². The van der Waals surface area contributed by atoms with Crippen LogP contribution in [0.3, 0.4) is 0 Å². The van der Waals surface area contributed by atoms with Crippen LogP contribution in [0.5, 0.6) is 0 Å². The standard InChI is InChI=1S/C16H24N4O/c21-16(14-9-17-19-15(14)11-5-6-11)18-12-7-8-20(10-12)13-3-1-2-4-13/h9,11-13H,1-8,10H2,(H,17,19)(H,18,21). The van der Waals surface area contributed by atoms with Crippen LogP contribution in [-0.2, 0) is 0 Å². The predicted molar refractivity (Wildman–Crippen MR) is 80.3 cm³/mol. The van der Waals surface area contributed by atoms with Gasteiger partial charge in [0.15, 0.2) is 0 Å². The predicted octanol–water partition coefficient (Wildman–Crippen LogP) is 2.03. The molecule has 21 heavy (non-hydrogen) atoms. The van der Waals surface area contributed by atoms with Gasteiger partial charge >= 0.3 is 0 Å². The highest BCUT2D eigenvalue weighted by Gasteiger charge is 2.33. The minimum atomic E-state index is 0.0592. The quantitative estimate of drug-likeness (QED) is 0.891. The average molecular weight is 288 g/mol. The molecule has 114 valence electrons. The zero-order chi connectivity index (χ0) is 14.2. The monoisotopic (exact) mass is 288 g/mol. The highest BCUT2D eigenvalue weighted by Crippen LogP contribution is 2.40. The molecule has 2 saturated carbocycles. The summed E-state index contributed by atoms with van der Waals surface area (Å²) in [5, 5.41) is 10.3. The summed E-state index contributed by atoms with van der Waals surface area (Å²) in [5.41, 5.74) is 1.80. The van der Waals surface area contributed by atoms with E-state index in [2.05, 4.69) is 20.4 Å². The molecule has 2 heterocycles. The Balaban J connectivity index is 1.35. The van der Waals surface area contributed by atoms with Gasteiger partial charge in [-0.05, 0) is 32.1 Å². The fraction of sp³-hybridized carbons (Fsp3) is 0.750. The van der Waals surface area contributed by atoms with E-state index in [-0.39, 0.29) is 5.91 Å². The SMILES string of the molecule is O=C(NC1CCN(C2CCCC2)C1)c1cn[nH]c1C1CC1.